The Balaban J connectivity index is 1.49. The Bertz CT molecular complexity index is 555. The predicted molar refractivity (Wildman–Crippen MR) is 96.3 cm³/mol. The number of morpholine rings is 1. The van der Waals surface area contributed by atoms with Gasteiger partial charge in [0.05, 0.1) is 25.4 Å². The molecule has 2 heterocycles. The Morgan fingerprint density at radius 1 is 1.24 bits per heavy atom. The molecule has 0 aliphatic carbocycles. The summed E-state index contributed by atoms with van der Waals surface area (Å²) in [5.74, 6) is 0. The summed E-state index contributed by atoms with van der Waals surface area (Å²) in [6.45, 7) is 7.74. The van der Waals surface area contributed by atoms with Gasteiger partial charge in [-0.05, 0) is 30.9 Å². The molecule has 0 spiro atoms. The fraction of sp³-hybridized carbons (Fsp3) is 0.632. The van der Waals surface area contributed by atoms with Crippen LogP contribution in [0, 0.1) is 0 Å². The van der Waals surface area contributed by atoms with E-state index in [0.717, 1.165) is 57.9 Å². The molecule has 3 rings (SSSR count). The van der Waals surface area contributed by atoms with E-state index >= 15 is 0 Å². The first kappa shape index (κ1) is 18.2. The molecule has 1 aromatic rings. The highest BCUT2D eigenvalue weighted by Gasteiger charge is 2.23. The summed E-state index contributed by atoms with van der Waals surface area (Å²) in [6, 6.07) is 8.19. The van der Waals surface area contributed by atoms with Crippen LogP contribution in [0.25, 0.3) is 0 Å². The van der Waals surface area contributed by atoms with E-state index in [-0.39, 0.29) is 18.2 Å². The maximum atomic E-state index is 12.2. The van der Waals surface area contributed by atoms with E-state index in [1.165, 1.54) is 5.56 Å². The SMILES string of the molecule is CC(NC(=O)NCc1ccccc1CN1CCOCC1)C1CCCO1. The van der Waals surface area contributed by atoms with Crippen molar-refractivity contribution in [2.24, 2.45) is 0 Å². The van der Waals surface area contributed by atoms with Crippen LogP contribution in [0.15, 0.2) is 24.3 Å². The van der Waals surface area contributed by atoms with Gasteiger partial charge >= 0.3 is 6.03 Å². The van der Waals surface area contributed by atoms with Crippen molar-refractivity contribution in [2.75, 3.05) is 32.9 Å². The van der Waals surface area contributed by atoms with Gasteiger partial charge in [0.25, 0.3) is 0 Å². The molecule has 0 aromatic heterocycles. The molecule has 2 fully saturated rings. The summed E-state index contributed by atoms with van der Waals surface area (Å²) < 4.78 is 11.0. The lowest BCUT2D eigenvalue weighted by molar-refractivity contribution is 0.0341. The zero-order valence-electron chi connectivity index (χ0n) is 15.0. The van der Waals surface area contributed by atoms with Crippen molar-refractivity contribution in [3.8, 4) is 0 Å². The highest BCUT2D eigenvalue weighted by atomic mass is 16.5. The topological polar surface area (TPSA) is 62.8 Å². The summed E-state index contributed by atoms with van der Waals surface area (Å²) in [7, 11) is 0. The van der Waals surface area contributed by atoms with Crippen molar-refractivity contribution in [3.05, 3.63) is 35.4 Å². The lowest BCUT2D eigenvalue weighted by Crippen LogP contribution is -2.45. The van der Waals surface area contributed by atoms with E-state index in [0.29, 0.717) is 6.54 Å². The van der Waals surface area contributed by atoms with Gasteiger partial charge in [-0.2, -0.15) is 0 Å². The summed E-state index contributed by atoms with van der Waals surface area (Å²) >= 11 is 0. The smallest absolute Gasteiger partial charge is 0.315 e. The quantitative estimate of drug-likeness (QED) is 0.825. The first-order chi connectivity index (χ1) is 12.2. The van der Waals surface area contributed by atoms with Crippen LogP contribution in [0.2, 0.25) is 0 Å². The van der Waals surface area contributed by atoms with Crippen molar-refractivity contribution in [1.29, 1.82) is 0 Å². The maximum Gasteiger partial charge on any atom is 0.315 e. The number of nitrogens with zero attached hydrogens (tertiary/aromatic N) is 1. The molecule has 6 nitrogen and oxygen atoms in total. The maximum absolute atomic E-state index is 12.2. The monoisotopic (exact) mass is 347 g/mol. The van der Waals surface area contributed by atoms with Crippen molar-refractivity contribution < 1.29 is 14.3 Å². The number of hydrogen-bond donors (Lipinski definition) is 2. The molecule has 2 saturated heterocycles. The summed E-state index contributed by atoms with van der Waals surface area (Å²) in [6.07, 6.45) is 2.23. The van der Waals surface area contributed by atoms with Crippen LogP contribution in [0.5, 0.6) is 0 Å². The van der Waals surface area contributed by atoms with Crippen LogP contribution in [0.4, 0.5) is 4.79 Å². The average Bonchev–Trinajstić information content (AvgIpc) is 3.17. The highest BCUT2D eigenvalue weighted by Crippen LogP contribution is 2.15. The van der Waals surface area contributed by atoms with E-state index in [1.807, 2.05) is 13.0 Å². The van der Waals surface area contributed by atoms with Crippen LogP contribution in [0.3, 0.4) is 0 Å². The Hall–Kier alpha value is -1.63. The molecular weight excluding hydrogens is 318 g/mol. The van der Waals surface area contributed by atoms with Crippen LogP contribution in [-0.4, -0.2) is 56.0 Å². The van der Waals surface area contributed by atoms with Gasteiger partial charge in [-0.1, -0.05) is 24.3 Å². The number of urea groups is 1. The predicted octanol–water partition coefficient (Wildman–Crippen LogP) is 1.89. The lowest BCUT2D eigenvalue weighted by atomic mass is 10.1. The minimum Gasteiger partial charge on any atom is -0.379 e. The second-order valence-electron chi connectivity index (χ2n) is 6.82. The molecule has 0 radical (unpaired) electrons. The van der Waals surface area contributed by atoms with Gasteiger partial charge in [-0.3, -0.25) is 4.90 Å². The molecule has 2 N–H and O–H groups in total. The third kappa shape index (κ3) is 5.42. The molecule has 2 aliphatic rings. The lowest BCUT2D eigenvalue weighted by Gasteiger charge is -2.27. The van der Waals surface area contributed by atoms with Crippen LogP contribution in [0.1, 0.15) is 30.9 Å². The minimum absolute atomic E-state index is 0.0334. The molecule has 25 heavy (non-hydrogen) atoms. The number of benzene rings is 1. The molecule has 0 bridgehead atoms. The fourth-order valence-electron chi connectivity index (χ4n) is 3.41. The summed E-state index contributed by atoms with van der Waals surface area (Å²) in [4.78, 5) is 14.6. The number of rotatable bonds is 6. The van der Waals surface area contributed by atoms with Gasteiger partial charge in [0.15, 0.2) is 0 Å². The molecule has 138 valence electrons. The number of carbonyl (C=O) groups excluding carboxylic acids is 1. The largest absolute Gasteiger partial charge is 0.379 e. The van der Waals surface area contributed by atoms with Crippen molar-refractivity contribution in [2.45, 2.75) is 45.0 Å². The van der Waals surface area contributed by atoms with E-state index in [2.05, 4.69) is 33.7 Å². The van der Waals surface area contributed by atoms with Gasteiger partial charge in [0.2, 0.25) is 0 Å². The number of ether oxygens (including phenoxy) is 2. The zero-order valence-corrected chi connectivity index (χ0v) is 15.0. The van der Waals surface area contributed by atoms with Crippen LogP contribution >= 0.6 is 0 Å². The van der Waals surface area contributed by atoms with E-state index in [1.54, 1.807) is 0 Å². The Kier molecular flexibility index (Phi) is 6.67. The van der Waals surface area contributed by atoms with E-state index in [9.17, 15) is 4.79 Å². The van der Waals surface area contributed by atoms with Gasteiger partial charge in [-0.15, -0.1) is 0 Å². The molecule has 2 atom stereocenters. The van der Waals surface area contributed by atoms with Crippen LogP contribution < -0.4 is 10.6 Å². The highest BCUT2D eigenvalue weighted by molar-refractivity contribution is 5.74. The van der Waals surface area contributed by atoms with Gasteiger partial charge in [0.1, 0.15) is 0 Å². The van der Waals surface area contributed by atoms with Gasteiger partial charge < -0.3 is 20.1 Å². The van der Waals surface area contributed by atoms with Crippen molar-refractivity contribution >= 4 is 6.03 Å². The van der Waals surface area contributed by atoms with Gasteiger partial charge in [-0.25, -0.2) is 4.79 Å². The molecule has 2 unspecified atom stereocenters. The number of carbonyl (C=O) groups is 1. The normalized spacial score (nSPS) is 22.5. The number of nitrogens with one attached hydrogen (secondary N) is 2. The number of hydrogen-bond acceptors (Lipinski definition) is 4. The first-order valence-corrected chi connectivity index (χ1v) is 9.25. The van der Waals surface area contributed by atoms with Gasteiger partial charge in [0, 0.05) is 32.8 Å². The second kappa shape index (κ2) is 9.17. The minimum atomic E-state index is -0.135. The Morgan fingerprint density at radius 2 is 2.00 bits per heavy atom. The third-order valence-corrected chi connectivity index (χ3v) is 4.94. The summed E-state index contributed by atoms with van der Waals surface area (Å²) in [5.41, 5.74) is 2.42. The van der Waals surface area contributed by atoms with E-state index in [4.69, 9.17) is 9.47 Å². The van der Waals surface area contributed by atoms with Crippen LogP contribution in [-0.2, 0) is 22.6 Å². The average molecular weight is 347 g/mol. The number of amides is 2. The molecule has 6 heteroatoms. The summed E-state index contributed by atoms with van der Waals surface area (Å²) in [5, 5.41) is 5.97. The molecule has 0 saturated carbocycles. The van der Waals surface area contributed by atoms with Crippen molar-refractivity contribution in [3.63, 3.8) is 0 Å². The standard InChI is InChI=1S/C19H29N3O3/c1-15(18-7-4-10-25-18)21-19(23)20-13-16-5-2-3-6-17(16)14-22-8-11-24-12-9-22/h2-3,5-6,15,18H,4,7-14H2,1H3,(H2,20,21,23). The Morgan fingerprint density at radius 3 is 2.72 bits per heavy atom. The molecule has 1 aromatic carbocycles. The molecular formula is C19H29N3O3. The second-order valence-corrected chi connectivity index (χ2v) is 6.82. The third-order valence-electron chi connectivity index (χ3n) is 4.94. The van der Waals surface area contributed by atoms with Crippen molar-refractivity contribution in [1.82, 2.24) is 15.5 Å². The zero-order chi connectivity index (χ0) is 17.5. The Labute approximate surface area is 149 Å². The van der Waals surface area contributed by atoms with E-state index < -0.39 is 0 Å². The first-order valence-electron chi connectivity index (χ1n) is 9.25. The fourth-order valence-corrected chi connectivity index (χ4v) is 3.41. The molecule has 2 amide bonds. The molecule has 2 aliphatic heterocycles.